The highest BCUT2D eigenvalue weighted by Crippen LogP contribution is 2.70. The standard InChI is InChI=1S/C28H40O5.3C2H6/c1-15-5-9-28(14-23(31)32)10-7-18-24(19(28)11-15)20(29)12-22-26(18,3)8-6-17-16(2)25(33)21(30)13-27(17,22)4;3*1-2/h13,15-19,22,24,30H,5-12,14H2,1-4H3,(H,31,32);3*1-2H3. The Hall–Kier alpha value is -1.65. The predicted molar refractivity (Wildman–Crippen MR) is 158 cm³/mol. The number of fused-ring (bicyclic) bond motifs is 7. The highest BCUT2D eigenvalue weighted by Gasteiger charge is 2.66. The molecule has 0 spiro atoms. The largest absolute Gasteiger partial charge is 0.505 e. The molecule has 0 saturated heterocycles. The Bertz CT molecular complexity index is 923. The van der Waals surface area contributed by atoms with E-state index in [4.69, 9.17) is 0 Å². The zero-order valence-corrected chi connectivity index (χ0v) is 26.6. The molecule has 224 valence electrons. The number of aliphatic hydroxyl groups excluding tert-OH is 1. The first-order chi connectivity index (χ1) is 18.4. The molecule has 0 heterocycles. The summed E-state index contributed by atoms with van der Waals surface area (Å²) in [7, 11) is 0. The third kappa shape index (κ3) is 5.49. The minimum absolute atomic E-state index is 0.0310. The third-order valence-electron chi connectivity index (χ3n) is 11.6. The molecule has 0 amide bonds. The van der Waals surface area contributed by atoms with E-state index in [0.717, 1.165) is 44.9 Å². The molecule has 5 nitrogen and oxygen atoms in total. The first kappa shape index (κ1) is 33.6. The summed E-state index contributed by atoms with van der Waals surface area (Å²) in [5, 5.41) is 20.3. The van der Waals surface area contributed by atoms with E-state index in [1.165, 1.54) is 0 Å². The van der Waals surface area contributed by atoms with Crippen LogP contribution in [0.15, 0.2) is 11.8 Å². The van der Waals surface area contributed by atoms with Crippen LogP contribution in [0.1, 0.15) is 127 Å². The van der Waals surface area contributed by atoms with Crippen LogP contribution in [0.5, 0.6) is 0 Å². The van der Waals surface area contributed by atoms with E-state index >= 15 is 0 Å². The van der Waals surface area contributed by atoms with Crippen molar-refractivity contribution >= 4 is 17.5 Å². The molecule has 0 aliphatic heterocycles. The van der Waals surface area contributed by atoms with Gasteiger partial charge in [-0.3, -0.25) is 14.4 Å². The van der Waals surface area contributed by atoms with Crippen LogP contribution in [0.25, 0.3) is 0 Å². The molecule has 5 aliphatic carbocycles. The lowest BCUT2D eigenvalue weighted by atomic mass is 9.37. The number of hydrogen-bond donors (Lipinski definition) is 2. The second kappa shape index (κ2) is 12.9. The van der Waals surface area contributed by atoms with Gasteiger partial charge in [-0.25, -0.2) is 0 Å². The Morgan fingerprint density at radius 3 is 2.05 bits per heavy atom. The summed E-state index contributed by atoms with van der Waals surface area (Å²) in [5.74, 6) is 0.297. The molecule has 39 heavy (non-hydrogen) atoms. The Kier molecular flexibility index (Phi) is 11.1. The number of rotatable bonds is 2. The van der Waals surface area contributed by atoms with Crippen LogP contribution in [0.2, 0.25) is 0 Å². The molecule has 4 saturated carbocycles. The molecule has 0 radical (unpaired) electrons. The molecule has 2 N–H and O–H groups in total. The lowest BCUT2D eigenvalue weighted by Crippen LogP contribution is -2.63. The summed E-state index contributed by atoms with van der Waals surface area (Å²) in [6.07, 6.45) is 9.22. The fourth-order valence-corrected chi connectivity index (χ4v) is 9.99. The molecule has 5 aliphatic rings. The first-order valence-electron chi connectivity index (χ1n) is 16.1. The van der Waals surface area contributed by atoms with Crippen molar-refractivity contribution in [3.63, 3.8) is 0 Å². The molecule has 0 bridgehead atoms. The number of aliphatic hydroxyl groups is 1. The quantitative estimate of drug-likeness (QED) is 0.361. The molecule has 5 heteroatoms. The van der Waals surface area contributed by atoms with E-state index in [-0.39, 0.29) is 69.7 Å². The predicted octanol–water partition coefficient (Wildman–Crippen LogP) is 8.66. The minimum atomic E-state index is -0.727. The van der Waals surface area contributed by atoms with Crippen LogP contribution >= 0.6 is 0 Å². The van der Waals surface area contributed by atoms with Crippen molar-refractivity contribution in [2.75, 3.05) is 0 Å². The normalized spacial score (nSPS) is 44.1. The summed E-state index contributed by atoms with van der Waals surface area (Å²) in [6.45, 7) is 20.7. The monoisotopic (exact) mass is 546 g/mol. The highest BCUT2D eigenvalue weighted by atomic mass is 16.4. The average Bonchev–Trinajstić information content (AvgIpc) is 2.92. The molecule has 10 atom stereocenters. The summed E-state index contributed by atoms with van der Waals surface area (Å²) >= 11 is 0. The van der Waals surface area contributed by atoms with Gasteiger partial charge in [-0.1, -0.05) is 75.7 Å². The lowest BCUT2D eigenvalue weighted by molar-refractivity contribution is -0.187. The number of carbonyl (C=O) groups is 3. The van der Waals surface area contributed by atoms with Crippen LogP contribution in [0.3, 0.4) is 0 Å². The van der Waals surface area contributed by atoms with Gasteiger partial charge >= 0.3 is 5.97 Å². The highest BCUT2D eigenvalue weighted by molar-refractivity contribution is 5.96. The van der Waals surface area contributed by atoms with E-state index in [1.54, 1.807) is 6.08 Å². The summed E-state index contributed by atoms with van der Waals surface area (Å²) in [5.41, 5.74) is -0.624. The number of allylic oxidation sites excluding steroid dienone is 2. The summed E-state index contributed by atoms with van der Waals surface area (Å²) in [6, 6.07) is 0. The molecular weight excluding hydrogens is 488 g/mol. The Labute approximate surface area is 238 Å². The fraction of sp³-hybridized carbons (Fsp3) is 0.853. The van der Waals surface area contributed by atoms with Crippen molar-refractivity contribution in [2.24, 2.45) is 57.7 Å². The van der Waals surface area contributed by atoms with Gasteiger partial charge in [-0.2, -0.15) is 0 Å². The maximum Gasteiger partial charge on any atom is 0.303 e. The van der Waals surface area contributed by atoms with Crippen molar-refractivity contribution < 1.29 is 24.6 Å². The maximum absolute atomic E-state index is 14.0. The lowest BCUT2D eigenvalue weighted by Gasteiger charge is -2.66. The number of aliphatic carboxylic acids is 1. The van der Waals surface area contributed by atoms with E-state index < -0.39 is 5.97 Å². The Morgan fingerprint density at radius 1 is 0.897 bits per heavy atom. The van der Waals surface area contributed by atoms with E-state index in [2.05, 4.69) is 20.8 Å². The zero-order valence-electron chi connectivity index (χ0n) is 26.6. The first-order valence-corrected chi connectivity index (χ1v) is 16.1. The summed E-state index contributed by atoms with van der Waals surface area (Å²) in [4.78, 5) is 38.4. The minimum Gasteiger partial charge on any atom is -0.505 e. The van der Waals surface area contributed by atoms with Crippen LogP contribution in [0, 0.1) is 57.7 Å². The Morgan fingerprint density at radius 2 is 1.46 bits per heavy atom. The molecular formula is C34H58O5. The van der Waals surface area contributed by atoms with Crippen molar-refractivity contribution in [1.29, 1.82) is 0 Å². The zero-order chi connectivity index (χ0) is 29.9. The van der Waals surface area contributed by atoms with E-state index in [1.807, 2.05) is 48.5 Å². The smallest absolute Gasteiger partial charge is 0.303 e. The molecule has 5 rings (SSSR count). The van der Waals surface area contributed by atoms with Crippen molar-refractivity contribution in [1.82, 2.24) is 0 Å². The van der Waals surface area contributed by atoms with Crippen LogP contribution in [-0.4, -0.2) is 27.7 Å². The van der Waals surface area contributed by atoms with Crippen LogP contribution in [0.4, 0.5) is 0 Å². The molecule has 0 aromatic carbocycles. The summed E-state index contributed by atoms with van der Waals surface area (Å²) < 4.78 is 0. The van der Waals surface area contributed by atoms with Gasteiger partial charge in [-0.05, 0) is 90.4 Å². The molecule has 0 aromatic rings. The average molecular weight is 547 g/mol. The van der Waals surface area contributed by atoms with Gasteiger partial charge in [0.05, 0.1) is 6.42 Å². The molecule has 10 unspecified atom stereocenters. The number of ketones is 2. The number of carboxylic acids is 1. The van der Waals surface area contributed by atoms with Crippen LogP contribution < -0.4 is 0 Å². The van der Waals surface area contributed by atoms with Gasteiger partial charge in [0, 0.05) is 18.3 Å². The third-order valence-corrected chi connectivity index (χ3v) is 11.6. The fourth-order valence-electron chi connectivity index (χ4n) is 9.99. The van der Waals surface area contributed by atoms with Gasteiger partial charge < -0.3 is 10.2 Å². The van der Waals surface area contributed by atoms with Crippen molar-refractivity contribution in [3.8, 4) is 0 Å². The van der Waals surface area contributed by atoms with Crippen molar-refractivity contribution in [3.05, 3.63) is 11.8 Å². The number of hydrogen-bond acceptors (Lipinski definition) is 4. The second-order valence-corrected chi connectivity index (χ2v) is 13.0. The van der Waals surface area contributed by atoms with Gasteiger partial charge in [0.2, 0.25) is 0 Å². The van der Waals surface area contributed by atoms with Gasteiger partial charge in [0.1, 0.15) is 5.78 Å². The van der Waals surface area contributed by atoms with E-state index in [9.17, 15) is 24.6 Å². The van der Waals surface area contributed by atoms with Gasteiger partial charge in [-0.15, -0.1) is 0 Å². The number of carboxylic acid groups (broad SMARTS) is 1. The second-order valence-electron chi connectivity index (χ2n) is 13.0. The number of carbonyl (C=O) groups excluding carboxylic acids is 2. The topological polar surface area (TPSA) is 91.7 Å². The van der Waals surface area contributed by atoms with E-state index in [0.29, 0.717) is 18.1 Å². The van der Waals surface area contributed by atoms with Gasteiger partial charge in [0.15, 0.2) is 11.5 Å². The van der Waals surface area contributed by atoms with Crippen LogP contribution in [-0.2, 0) is 14.4 Å². The number of Topliss-reactive ketones (excluding diaryl/α,β-unsaturated/α-hetero) is 2. The molecule has 0 aromatic heterocycles. The SMILES string of the molecule is CC.CC.CC.CC1CCC2(CC(=O)O)CCC3C(C(=O)CC4C5(C)C=C(O)C(=O)C(C)C5CCC34C)C2C1. The molecule has 4 fully saturated rings. The van der Waals surface area contributed by atoms with Gasteiger partial charge in [0.25, 0.3) is 0 Å². The van der Waals surface area contributed by atoms with Crippen molar-refractivity contribution in [2.45, 2.75) is 127 Å². The Balaban J connectivity index is 0.000000833. The maximum atomic E-state index is 14.0.